The van der Waals surface area contributed by atoms with Crippen LogP contribution in [0.3, 0.4) is 0 Å². The molecule has 21 heavy (non-hydrogen) atoms. The number of piperazine rings is 1. The van der Waals surface area contributed by atoms with Gasteiger partial charge in [-0.1, -0.05) is 30.3 Å². The van der Waals surface area contributed by atoms with Gasteiger partial charge in [0.2, 0.25) is 0 Å². The van der Waals surface area contributed by atoms with Gasteiger partial charge in [0.15, 0.2) is 5.17 Å². The summed E-state index contributed by atoms with van der Waals surface area (Å²) in [4.78, 5) is 25.1. The molecule has 1 aromatic rings. The Morgan fingerprint density at radius 2 is 2.10 bits per heavy atom. The van der Waals surface area contributed by atoms with Gasteiger partial charge in [0.1, 0.15) is 5.69 Å². The molecule has 2 aliphatic rings. The van der Waals surface area contributed by atoms with E-state index in [4.69, 9.17) is 11.6 Å². The van der Waals surface area contributed by atoms with E-state index in [1.807, 2.05) is 16.7 Å². The molecule has 0 radical (unpaired) electrons. The maximum atomic E-state index is 12.4. The molecule has 0 unspecified atom stereocenters. The number of rotatable bonds is 1. The van der Waals surface area contributed by atoms with E-state index < -0.39 is 0 Å². The second-order valence-electron chi connectivity index (χ2n) is 5.19. The highest BCUT2D eigenvalue weighted by Crippen LogP contribution is 2.23. The molecule has 0 bridgehead atoms. The number of hydrogen-bond acceptors (Lipinski definition) is 5. The second kappa shape index (κ2) is 6.23. The molecule has 1 saturated heterocycles. The third kappa shape index (κ3) is 3.32. The number of amides is 1. The van der Waals surface area contributed by atoms with Crippen molar-refractivity contribution in [1.29, 1.82) is 0 Å². The maximum Gasteiger partial charge on any atom is 0.272 e. The van der Waals surface area contributed by atoms with Crippen LogP contribution in [0.1, 0.15) is 17.4 Å². The monoisotopic (exact) mass is 324 g/mol. The molecule has 0 N–H and O–H groups in total. The first-order chi connectivity index (χ1) is 10.1. The lowest BCUT2D eigenvalue weighted by Crippen LogP contribution is -2.50. The lowest BCUT2D eigenvalue weighted by molar-refractivity contribution is 0.0688. The number of halogens is 1. The molecule has 7 heteroatoms. The van der Waals surface area contributed by atoms with Crippen LogP contribution in [0.25, 0.3) is 0 Å². The summed E-state index contributed by atoms with van der Waals surface area (Å²) < 4.78 is 0. The van der Waals surface area contributed by atoms with Gasteiger partial charge in [-0.2, -0.15) is 0 Å². The topological polar surface area (TPSA) is 48.8 Å². The van der Waals surface area contributed by atoms with Gasteiger partial charge >= 0.3 is 0 Å². The van der Waals surface area contributed by atoms with Crippen LogP contribution < -0.4 is 0 Å². The fourth-order valence-corrected chi connectivity index (χ4v) is 3.50. The molecule has 3 heterocycles. The van der Waals surface area contributed by atoms with Gasteiger partial charge in [-0.05, 0) is 12.1 Å². The Kier molecular flexibility index (Phi) is 4.35. The zero-order chi connectivity index (χ0) is 14.8. The molecule has 3 rings (SSSR count). The number of nitrogens with zero attached hydrogens (tertiary/aromatic N) is 4. The highest BCUT2D eigenvalue weighted by molar-refractivity contribution is 8.14. The summed E-state index contributed by atoms with van der Waals surface area (Å²) in [5.74, 6) is -0.0271. The predicted octanol–water partition coefficient (Wildman–Crippen LogP) is 1.98. The standard InChI is InChI=1S/C14H17ClN4OS/c1-10-8-17-14(21-10)19-6-4-18(5-7-19)13(20)12-3-2-11(15)9-16-12/h2-3,9-10H,4-8H2,1H3/t10-/m0/s1. The lowest BCUT2D eigenvalue weighted by Gasteiger charge is -2.35. The van der Waals surface area contributed by atoms with Gasteiger partial charge in [-0.15, -0.1) is 0 Å². The van der Waals surface area contributed by atoms with Gasteiger partial charge < -0.3 is 9.80 Å². The van der Waals surface area contributed by atoms with E-state index in [2.05, 4.69) is 21.8 Å². The van der Waals surface area contributed by atoms with E-state index in [1.54, 1.807) is 12.1 Å². The predicted molar refractivity (Wildman–Crippen MR) is 86.1 cm³/mol. The molecule has 1 atom stereocenters. The van der Waals surface area contributed by atoms with Crippen molar-refractivity contribution in [2.45, 2.75) is 12.2 Å². The Morgan fingerprint density at radius 1 is 1.33 bits per heavy atom. The number of amidine groups is 1. The molecule has 1 fully saturated rings. The van der Waals surface area contributed by atoms with E-state index in [-0.39, 0.29) is 5.91 Å². The van der Waals surface area contributed by atoms with Crippen molar-refractivity contribution in [3.05, 3.63) is 29.0 Å². The molecule has 0 aromatic carbocycles. The largest absolute Gasteiger partial charge is 0.348 e. The molecule has 2 aliphatic heterocycles. The fraction of sp³-hybridized carbons (Fsp3) is 0.500. The fourth-order valence-electron chi connectivity index (χ4n) is 2.40. The van der Waals surface area contributed by atoms with Crippen LogP contribution >= 0.6 is 23.4 Å². The minimum absolute atomic E-state index is 0.0271. The van der Waals surface area contributed by atoms with Crippen LogP contribution in [0.4, 0.5) is 0 Å². The van der Waals surface area contributed by atoms with Gasteiger partial charge in [0.05, 0.1) is 11.6 Å². The summed E-state index contributed by atoms with van der Waals surface area (Å²) in [6.07, 6.45) is 1.51. The lowest BCUT2D eigenvalue weighted by atomic mass is 10.2. The quantitative estimate of drug-likeness (QED) is 0.792. The molecule has 0 saturated carbocycles. The minimum atomic E-state index is -0.0271. The van der Waals surface area contributed by atoms with Crippen LogP contribution in [0.15, 0.2) is 23.3 Å². The van der Waals surface area contributed by atoms with Crippen molar-refractivity contribution in [2.75, 3.05) is 32.7 Å². The van der Waals surface area contributed by atoms with Crippen molar-refractivity contribution in [3.63, 3.8) is 0 Å². The zero-order valence-corrected chi connectivity index (χ0v) is 13.4. The van der Waals surface area contributed by atoms with Crippen molar-refractivity contribution >= 4 is 34.4 Å². The van der Waals surface area contributed by atoms with Crippen molar-refractivity contribution < 1.29 is 4.79 Å². The number of carbonyl (C=O) groups excluding carboxylic acids is 1. The molecule has 1 amide bonds. The molecular formula is C14H17ClN4OS. The summed E-state index contributed by atoms with van der Waals surface area (Å²) in [5.41, 5.74) is 0.453. The maximum absolute atomic E-state index is 12.4. The Morgan fingerprint density at radius 3 is 2.67 bits per heavy atom. The van der Waals surface area contributed by atoms with Crippen LogP contribution in [-0.4, -0.2) is 63.8 Å². The molecule has 0 aliphatic carbocycles. The summed E-state index contributed by atoms with van der Waals surface area (Å²) in [7, 11) is 0. The average molecular weight is 325 g/mol. The van der Waals surface area contributed by atoms with Crippen molar-refractivity contribution in [3.8, 4) is 0 Å². The van der Waals surface area contributed by atoms with Gasteiger partial charge in [0.25, 0.3) is 5.91 Å². The Labute approximate surface area is 133 Å². The van der Waals surface area contributed by atoms with Crippen molar-refractivity contribution in [1.82, 2.24) is 14.8 Å². The number of thioether (sulfide) groups is 1. The Hall–Kier alpha value is -1.27. The summed E-state index contributed by atoms with van der Waals surface area (Å²) in [6, 6.07) is 3.37. The number of hydrogen-bond donors (Lipinski definition) is 0. The van der Waals surface area contributed by atoms with Gasteiger partial charge in [0, 0.05) is 37.6 Å². The second-order valence-corrected chi connectivity index (χ2v) is 7.03. The molecule has 5 nitrogen and oxygen atoms in total. The third-order valence-corrected chi connectivity index (χ3v) is 4.95. The van der Waals surface area contributed by atoms with E-state index in [0.717, 1.165) is 24.8 Å². The van der Waals surface area contributed by atoms with Crippen LogP contribution in [0.2, 0.25) is 5.02 Å². The summed E-state index contributed by atoms with van der Waals surface area (Å²) >= 11 is 7.62. The SMILES string of the molecule is C[C@H]1CN=C(N2CCN(C(=O)c3ccc(Cl)cn3)CC2)S1. The summed E-state index contributed by atoms with van der Waals surface area (Å²) in [6.45, 7) is 6.16. The van der Waals surface area contributed by atoms with Crippen LogP contribution in [0, 0.1) is 0 Å². The highest BCUT2D eigenvalue weighted by Gasteiger charge is 2.27. The first kappa shape index (κ1) is 14.7. The number of carbonyl (C=O) groups is 1. The smallest absolute Gasteiger partial charge is 0.272 e. The molecular weight excluding hydrogens is 308 g/mol. The zero-order valence-electron chi connectivity index (χ0n) is 11.8. The molecule has 0 spiro atoms. The number of pyridine rings is 1. The summed E-state index contributed by atoms with van der Waals surface area (Å²) in [5, 5.41) is 2.24. The Bertz CT molecular complexity index is 555. The first-order valence-electron chi connectivity index (χ1n) is 7.00. The molecule has 1 aromatic heterocycles. The van der Waals surface area contributed by atoms with Gasteiger partial charge in [-0.3, -0.25) is 9.79 Å². The normalized spacial score (nSPS) is 22.4. The highest BCUT2D eigenvalue weighted by atomic mass is 35.5. The average Bonchev–Trinajstić information content (AvgIpc) is 2.94. The van der Waals surface area contributed by atoms with E-state index >= 15 is 0 Å². The minimum Gasteiger partial charge on any atom is -0.348 e. The van der Waals surface area contributed by atoms with Gasteiger partial charge in [-0.25, -0.2) is 4.98 Å². The van der Waals surface area contributed by atoms with Crippen molar-refractivity contribution in [2.24, 2.45) is 4.99 Å². The third-order valence-electron chi connectivity index (χ3n) is 3.57. The number of aliphatic imine (C=N–C) groups is 1. The van der Waals surface area contributed by atoms with E-state index in [1.165, 1.54) is 6.20 Å². The Balaban J connectivity index is 1.58. The first-order valence-corrected chi connectivity index (χ1v) is 8.26. The van der Waals surface area contributed by atoms with Crippen LogP contribution in [0.5, 0.6) is 0 Å². The van der Waals surface area contributed by atoms with E-state index in [9.17, 15) is 4.79 Å². The van der Waals surface area contributed by atoms with E-state index in [0.29, 0.717) is 29.1 Å². The number of aromatic nitrogens is 1. The molecule has 112 valence electrons. The van der Waals surface area contributed by atoms with Crippen LogP contribution in [-0.2, 0) is 0 Å².